The van der Waals surface area contributed by atoms with E-state index in [9.17, 15) is 14.7 Å². The predicted octanol–water partition coefficient (Wildman–Crippen LogP) is 3.41. The number of likely N-dealkylation sites (tertiary alicyclic amines) is 1. The van der Waals surface area contributed by atoms with Gasteiger partial charge in [0.05, 0.1) is 49.8 Å². The normalized spacial score (nSPS) is 26.2. The highest BCUT2D eigenvalue weighted by Crippen LogP contribution is 2.59. The molecule has 4 saturated heterocycles. The summed E-state index contributed by atoms with van der Waals surface area (Å²) in [5, 5.41) is 10.9. The zero-order valence-electron chi connectivity index (χ0n) is 32.2. The maximum absolute atomic E-state index is 15.0. The van der Waals surface area contributed by atoms with Crippen molar-refractivity contribution in [3.05, 3.63) is 97.1 Å². The predicted molar refractivity (Wildman–Crippen MR) is 206 cm³/mol. The van der Waals surface area contributed by atoms with Gasteiger partial charge in [0.2, 0.25) is 17.7 Å². The first-order valence-electron chi connectivity index (χ1n) is 19.6. The number of rotatable bonds is 18. The number of carbonyl (C=O) groups is 4. The zero-order chi connectivity index (χ0) is 39.1. The van der Waals surface area contributed by atoms with Crippen molar-refractivity contribution in [1.29, 1.82) is 0 Å². The topological polar surface area (TPSA) is 129 Å². The second-order valence-corrected chi connectivity index (χ2v) is 15.2. The number of nitrogens with zero attached hydrogens (tertiary/aromatic N) is 4. The van der Waals surface area contributed by atoms with Gasteiger partial charge in [-0.2, -0.15) is 0 Å². The third kappa shape index (κ3) is 8.28. The van der Waals surface area contributed by atoms with Crippen molar-refractivity contribution in [3.8, 4) is 0 Å². The van der Waals surface area contributed by atoms with E-state index in [4.69, 9.17) is 14.2 Å². The van der Waals surface area contributed by atoms with Crippen molar-refractivity contribution in [1.82, 2.24) is 19.6 Å². The number of hydrogen-bond donors (Lipinski definition) is 1. The summed E-state index contributed by atoms with van der Waals surface area (Å²) in [6, 6.07) is 16.5. The fourth-order valence-electron chi connectivity index (χ4n) is 9.00. The monoisotopic (exact) mass is 756 g/mol. The molecule has 0 aliphatic carbocycles. The molecule has 4 aliphatic rings. The Morgan fingerprint density at radius 3 is 2.40 bits per heavy atom. The number of carbonyl (C=O) groups excluding carboxylic acids is 4. The van der Waals surface area contributed by atoms with Crippen LogP contribution in [0.5, 0.6) is 0 Å². The molecule has 6 rings (SSSR count). The molecule has 4 heterocycles. The van der Waals surface area contributed by atoms with Crippen LogP contribution in [0, 0.1) is 11.8 Å². The SMILES string of the molecule is C=CCCC(=O)N(C)[C@H](C)[C@H](OC(=O)[C@@H]1[C@H]2C(=O)N([C@@H](CO)Cc3ccccc3)[C@H](C(=O)N(CC=C)CCN3CCOCC3)[C@]23CC[C@H]1O3)c1ccccc1. The van der Waals surface area contributed by atoms with Gasteiger partial charge in [-0.05, 0) is 43.7 Å². The molecule has 2 aromatic carbocycles. The van der Waals surface area contributed by atoms with Crippen LogP contribution in [-0.4, -0.2) is 138 Å². The number of aliphatic hydroxyl groups is 1. The molecule has 55 heavy (non-hydrogen) atoms. The van der Waals surface area contributed by atoms with E-state index in [1.165, 1.54) is 4.90 Å². The minimum absolute atomic E-state index is 0.110. The van der Waals surface area contributed by atoms with Crippen LogP contribution in [-0.2, 0) is 39.8 Å². The van der Waals surface area contributed by atoms with Crippen LogP contribution < -0.4 is 0 Å². The van der Waals surface area contributed by atoms with Crippen molar-refractivity contribution in [3.63, 3.8) is 0 Å². The quantitative estimate of drug-likeness (QED) is 0.180. The van der Waals surface area contributed by atoms with Crippen molar-refractivity contribution >= 4 is 23.7 Å². The second kappa shape index (κ2) is 18.1. The van der Waals surface area contributed by atoms with Crippen molar-refractivity contribution in [2.24, 2.45) is 11.8 Å². The maximum Gasteiger partial charge on any atom is 0.313 e. The van der Waals surface area contributed by atoms with Gasteiger partial charge in [0.15, 0.2) is 0 Å². The van der Waals surface area contributed by atoms with E-state index in [0.717, 1.165) is 18.7 Å². The van der Waals surface area contributed by atoms with E-state index in [-0.39, 0.29) is 31.4 Å². The summed E-state index contributed by atoms with van der Waals surface area (Å²) in [6.45, 7) is 13.2. The number of morpholine rings is 1. The van der Waals surface area contributed by atoms with Crippen molar-refractivity contribution < 1.29 is 38.5 Å². The van der Waals surface area contributed by atoms with Gasteiger partial charge in [-0.25, -0.2) is 0 Å². The third-order valence-corrected chi connectivity index (χ3v) is 12.0. The molecule has 0 radical (unpaired) electrons. The van der Waals surface area contributed by atoms with Gasteiger partial charge in [-0.15, -0.1) is 13.2 Å². The van der Waals surface area contributed by atoms with Gasteiger partial charge >= 0.3 is 5.97 Å². The number of benzene rings is 2. The molecule has 2 bridgehead atoms. The molecule has 0 aromatic heterocycles. The van der Waals surface area contributed by atoms with Crippen LogP contribution in [0.4, 0.5) is 0 Å². The summed E-state index contributed by atoms with van der Waals surface area (Å²) in [6.07, 6.45) is 3.86. The van der Waals surface area contributed by atoms with Crippen molar-refractivity contribution in [2.75, 3.05) is 59.6 Å². The number of esters is 1. The van der Waals surface area contributed by atoms with E-state index >= 15 is 9.59 Å². The Hall–Kier alpha value is -4.36. The van der Waals surface area contributed by atoms with Crippen LogP contribution in [0.2, 0.25) is 0 Å². The minimum atomic E-state index is -1.30. The van der Waals surface area contributed by atoms with Crippen LogP contribution in [0.1, 0.15) is 49.8 Å². The van der Waals surface area contributed by atoms with Gasteiger partial charge in [0, 0.05) is 46.2 Å². The average Bonchev–Trinajstić information content (AvgIpc) is 3.87. The number of aliphatic hydroxyl groups excluding tert-OH is 1. The molecule has 1 N–H and O–H groups in total. The maximum atomic E-state index is 15.0. The minimum Gasteiger partial charge on any atom is -0.455 e. The molecule has 4 aliphatic heterocycles. The fraction of sp³-hybridized carbons (Fsp3) is 0.535. The Morgan fingerprint density at radius 2 is 1.75 bits per heavy atom. The highest BCUT2D eigenvalue weighted by Gasteiger charge is 2.75. The van der Waals surface area contributed by atoms with Crippen LogP contribution >= 0.6 is 0 Å². The molecule has 12 nitrogen and oxygen atoms in total. The first-order valence-corrected chi connectivity index (χ1v) is 19.6. The lowest BCUT2D eigenvalue weighted by Gasteiger charge is -2.40. The summed E-state index contributed by atoms with van der Waals surface area (Å²) in [5.74, 6) is -3.39. The van der Waals surface area contributed by atoms with E-state index in [0.29, 0.717) is 57.6 Å². The number of amides is 3. The fourth-order valence-corrected chi connectivity index (χ4v) is 9.00. The van der Waals surface area contributed by atoms with Gasteiger partial charge in [-0.3, -0.25) is 24.1 Å². The molecule has 3 amide bonds. The summed E-state index contributed by atoms with van der Waals surface area (Å²) in [7, 11) is 1.69. The molecule has 12 heteroatoms. The highest BCUT2D eigenvalue weighted by molar-refractivity contribution is 5.98. The number of allylic oxidation sites excluding steroid dienone is 1. The molecule has 296 valence electrons. The number of fused-ring (bicyclic) bond motifs is 1. The standard InChI is InChI=1S/C43H56N4O8/c1-5-7-18-35(49)44(4)30(3)38(32-16-12-9-13-17-32)54-42(52)36-34-19-20-43(55-34)37(36)40(50)47(33(29-48)28-31-14-10-8-11-15-31)39(43)41(51)46(21-6-2)23-22-45-24-26-53-27-25-45/h5-6,8-17,30,33-34,36-39,48H,1-2,7,18-29H2,3-4H3/t30-,33-,34-,36+,37+,38+,39-,43+/m1/s1. The molecule has 0 saturated carbocycles. The second-order valence-electron chi connectivity index (χ2n) is 15.2. The molecular formula is C43H56N4O8. The Balaban J connectivity index is 1.33. The Labute approximate surface area is 324 Å². The molecular weight excluding hydrogens is 700 g/mol. The Morgan fingerprint density at radius 1 is 1.05 bits per heavy atom. The average molecular weight is 757 g/mol. The van der Waals surface area contributed by atoms with Gasteiger partial charge < -0.3 is 34.0 Å². The van der Waals surface area contributed by atoms with Gasteiger partial charge in [0.25, 0.3) is 0 Å². The highest BCUT2D eigenvalue weighted by atomic mass is 16.6. The molecule has 1 spiro atoms. The molecule has 0 unspecified atom stereocenters. The number of hydrogen-bond acceptors (Lipinski definition) is 9. The lowest BCUT2D eigenvalue weighted by atomic mass is 9.70. The van der Waals surface area contributed by atoms with Crippen LogP contribution in [0.25, 0.3) is 0 Å². The lowest BCUT2D eigenvalue weighted by molar-refractivity contribution is -0.165. The van der Waals surface area contributed by atoms with Gasteiger partial charge in [-0.1, -0.05) is 72.8 Å². The molecule has 2 aromatic rings. The van der Waals surface area contributed by atoms with Crippen LogP contribution in [0.15, 0.2) is 86.0 Å². The zero-order valence-corrected chi connectivity index (χ0v) is 32.2. The van der Waals surface area contributed by atoms with E-state index < -0.39 is 59.6 Å². The third-order valence-electron chi connectivity index (χ3n) is 12.0. The van der Waals surface area contributed by atoms with E-state index in [1.54, 1.807) is 29.0 Å². The summed E-state index contributed by atoms with van der Waals surface area (Å²) in [5.41, 5.74) is 0.315. The van der Waals surface area contributed by atoms with E-state index in [1.807, 2.05) is 67.6 Å². The Bertz CT molecular complexity index is 1670. The number of ether oxygens (including phenoxy) is 3. The summed E-state index contributed by atoms with van der Waals surface area (Å²) < 4.78 is 18.7. The first kappa shape index (κ1) is 40.3. The lowest BCUT2D eigenvalue weighted by Crippen LogP contribution is -2.59. The molecule has 8 atom stereocenters. The first-order chi connectivity index (χ1) is 26.6. The number of likely N-dealkylation sites (N-methyl/N-ethyl adjacent to an activating group) is 1. The molecule has 4 fully saturated rings. The van der Waals surface area contributed by atoms with Gasteiger partial charge in [0.1, 0.15) is 17.7 Å². The van der Waals surface area contributed by atoms with E-state index in [2.05, 4.69) is 18.1 Å². The van der Waals surface area contributed by atoms with Crippen molar-refractivity contribution in [2.45, 2.75) is 75.0 Å². The smallest absolute Gasteiger partial charge is 0.313 e. The Kier molecular flexibility index (Phi) is 13.2. The van der Waals surface area contributed by atoms with Crippen LogP contribution in [0.3, 0.4) is 0 Å². The largest absolute Gasteiger partial charge is 0.455 e. The summed E-state index contributed by atoms with van der Waals surface area (Å²) >= 11 is 0. The summed E-state index contributed by atoms with van der Waals surface area (Å²) in [4.78, 5) is 64.9.